The van der Waals surface area contributed by atoms with Gasteiger partial charge in [-0.15, -0.1) is 0 Å². The molecule has 0 fully saturated rings. The number of rotatable bonds is 9. The van der Waals surface area contributed by atoms with Crippen molar-refractivity contribution in [1.82, 2.24) is 0 Å². The molecule has 0 aliphatic carbocycles. The van der Waals surface area contributed by atoms with E-state index in [0.29, 0.717) is 0 Å². The summed E-state index contributed by atoms with van der Waals surface area (Å²) < 4.78 is 0. The molecule has 0 atom stereocenters. The summed E-state index contributed by atoms with van der Waals surface area (Å²) in [5.41, 5.74) is 0. The van der Waals surface area contributed by atoms with Crippen molar-refractivity contribution in [1.29, 1.82) is 0 Å². The van der Waals surface area contributed by atoms with Gasteiger partial charge in [0.15, 0.2) is 0 Å². The monoisotopic (exact) mass is 813 g/mol. The molecule has 0 nitrogen and oxygen atoms in total. The van der Waals surface area contributed by atoms with Gasteiger partial charge >= 0.3 is 260 Å². The van der Waals surface area contributed by atoms with E-state index in [1.54, 1.807) is 0 Å². The van der Waals surface area contributed by atoms with Crippen LogP contribution in [0.4, 0.5) is 0 Å². The normalized spacial score (nSPS) is 13.0. The second kappa shape index (κ2) is 13.3. The van der Waals surface area contributed by atoms with E-state index in [1.165, 1.54) is 31.8 Å². The van der Waals surface area contributed by atoms with Crippen LogP contribution in [0.1, 0.15) is 0 Å². The summed E-state index contributed by atoms with van der Waals surface area (Å²) in [7, 11) is 6.95. The summed E-state index contributed by atoms with van der Waals surface area (Å²) in [6.45, 7) is 0. The van der Waals surface area contributed by atoms with Gasteiger partial charge < -0.3 is 0 Å². The zero-order valence-electron chi connectivity index (χ0n) is 22.4. The average Bonchev–Trinajstić information content (AvgIpc) is 3.07. The Labute approximate surface area is 258 Å². The van der Waals surface area contributed by atoms with Crippen LogP contribution < -0.4 is 31.8 Å². The topological polar surface area (TPSA) is 0 Å². The first-order chi connectivity index (χ1) is 20.3. The van der Waals surface area contributed by atoms with E-state index in [-0.39, 0.29) is 0 Å². The molecule has 0 amide bonds. The maximum absolute atomic E-state index is 7.66. The molecule has 41 heavy (non-hydrogen) atoms. The fourth-order valence-corrected chi connectivity index (χ4v) is 70.2. The predicted octanol–water partition coefficient (Wildman–Crippen LogP) is 7.04. The van der Waals surface area contributed by atoms with Crippen LogP contribution in [0.5, 0.6) is 0 Å². The fourth-order valence-electron chi connectivity index (χ4n) is 5.69. The van der Waals surface area contributed by atoms with E-state index in [4.69, 9.17) is 9.58 Å². The Hall–Kier alpha value is -2.37. The Balaban J connectivity index is 1.84. The molecule has 5 heteroatoms. The molecule has 0 heterocycles. The molecule has 0 aliphatic rings. The Morgan fingerprint density at radius 2 is 0.488 bits per heavy atom. The molecule has 0 radical (unpaired) electrons. The summed E-state index contributed by atoms with van der Waals surface area (Å²) in [6, 6.07) is 68.2. The molecule has 0 spiro atoms. The maximum atomic E-state index is 7.66. The van der Waals surface area contributed by atoms with Gasteiger partial charge in [0.1, 0.15) is 0 Å². The summed E-state index contributed by atoms with van der Waals surface area (Å²) in [5, 5.41) is 8.70. The third kappa shape index (κ3) is 5.22. The molecule has 0 aliphatic heterocycles. The van der Waals surface area contributed by atoms with Gasteiger partial charge in [-0.25, -0.2) is 0 Å². The van der Waals surface area contributed by atoms with E-state index >= 15 is 0 Å². The van der Waals surface area contributed by atoms with Crippen LogP contribution in [0.15, 0.2) is 182 Å². The zero-order valence-corrected chi connectivity index (χ0v) is 28.6. The molecule has 0 N–H and O–H groups in total. The Morgan fingerprint density at radius 3 is 0.634 bits per heavy atom. The third-order valence-corrected chi connectivity index (χ3v) is 57.9. The molecule has 6 aromatic carbocycles. The minimum atomic E-state index is -2.69. The first-order valence-electron chi connectivity index (χ1n) is 13.5. The minimum absolute atomic E-state index is 0.707. The van der Waals surface area contributed by atoms with Gasteiger partial charge in [0.2, 0.25) is 0 Å². The zero-order chi connectivity index (χ0) is 28.0. The van der Waals surface area contributed by atoms with E-state index in [1.807, 2.05) is 0 Å². The van der Waals surface area contributed by atoms with Crippen LogP contribution in [-0.2, 0) is 25.1 Å². The molecule has 0 saturated heterocycles. The van der Waals surface area contributed by atoms with Gasteiger partial charge in [-0.1, -0.05) is 0 Å². The van der Waals surface area contributed by atoms with Gasteiger partial charge in [0.05, 0.1) is 0 Å². The molecule has 0 bridgehead atoms. The number of hydrogen-bond acceptors (Lipinski definition) is 0. The quantitative estimate of drug-likeness (QED) is 0.138. The van der Waals surface area contributed by atoms with Crippen molar-refractivity contribution in [3.63, 3.8) is 0 Å². The summed E-state index contributed by atoms with van der Waals surface area (Å²) in [5.74, 6) is -5.38. The average molecular weight is 813 g/mol. The van der Waals surface area contributed by atoms with Crippen molar-refractivity contribution in [2.24, 2.45) is 0 Å². The number of halogens is 1. The van der Waals surface area contributed by atoms with Crippen LogP contribution in [0, 0.1) is 0 Å². The van der Waals surface area contributed by atoms with Gasteiger partial charge in [-0.2, -0.15) is 0 Å². The van der Waals surface area contributed by atoms with Crippen LogP contribution in [0.25, 0.3) is 0 Å². The van der Waals surface area contributed by atoms with E-state index < -0.39 is 37.1 Å². The standard InChI is InChI=1S/2C18H15P.ClH.Co.Ir/c2*1-4-10-16(11-5-1)19(17-12-6-2-7-13-17)18-14-8-3-9-15-18;;;/h2*1-15H;1H;;/q;;;-2;+1/p+1. The van der Waals surface area contributed by atoms with Gasteiger partial charge in [-0.05, 0) is 0 Å². The Morgan fingerprint density at radius 1 is 0.317 bits per heavy atom. The Bertz CT molecular complexity index is 1340. The van der Waals surface area contributed by atoms with Crippen molar-refractivity contribution >= 4 is 53.4 Å². The van der Waals surface area contributed by atoms with Gasteiger partial charge in [0, 0.05) is 0 Å². The van der Waals surface area contributed by atoms with Crippen LogP contribution in [0.2, 0.25) is 0 Å². The fraction of sp³-hybridized carbons (Fsp3) is 0. The van der Waals surface area contributed by atoms with Gasteiger partial charge in [-0.3, -0.25) is 0 Å². The van der Waals surface area contributed by atoms with Crippen molar-refractivity contribution in [3.05, 3.63) is 182 Å². The molecular formula is C36H32ClCoIrP2. The van der Waals surface area contributed by atoms with Crippen molar-refractivity contribution in [3.8, 4) is 0 Å². The van der Waals surface area contributed by atoms with Crippen molar-refractivity contribution in [2.75, 3.05) is 0 Å². The number of hydrogen-bond donors (Lipinski definition) is 0. The number of benzene rings is 6. The van der Waals surface area contributed by atoms with Gasteiger partial charge in [0.25, 0.3) is 0 Å². The summed E-state index contributed by atoms with van der Waals surface area (Å²) in [6.07, 6.45) is 0. The molecule has 0 saturated carbocycles. The molecular weight excluding hydrogens is 781 g/mol. The summed E-state index contributed by atoms with van der Waals surface area (Å²) in [4.78, 5) is 0. The predicted molar refractivity (Wildman–Crippen MR) is 179 cm³/mol. The third-order valence-electron chi connectivity index (χ3n) is 7.41. The second-order valence-corrected chi connectivity index (χ2v) is 38.7. The van der Waals surface area contributed by atoms with E-state index in [9.17, 15) is 0 Å². The van der Waals surface area contributed by atoms with Crippen LogP contribution >= 0.6 is 21.6 Å². The van der Waals surface area contributed by atoms with Crippen LogP contribution in [0.3, 0.4) is 0 Å². The summed E-state index contributed by atoms with van der Waals surface area (Å²) >= 11 is -0.916. The molecule has 6 aromatic rings. The van der Waals surface area contributed by atoms with E-state index in [0.717, 1.165) is 0 Å². The molecule has 0 aromatic heterocycles. The first kappa shape index (κ1) is 28.7. The SMILES string of the molecule is [Cl][Ir][Co]([PH](c1ccccc1)(c1ccccc1)c1ccccc1)[PH](c1ccccc1)(c1ccccc1)c1ccccc1. The second-order valence-electron chi connectivity index (χ2n) is 9.68. The van der Waals surface area contributed by atoms with Crippen molar-refractivity contribution in [2.45, 2.75) is 0 Å². The molecule has 211 valence electrons. The Kier molecular flexibility index (Phi) is 9.31. The molecule has 6 rings (SSSR count). The van der Waals surface area contributed by atoms with E-state index in [2.05, 4.69) is 182 Å². The molecule has 0 unspecified atom stereocenters. The first-order valence-corrected chi connectivity index (χ1v) is 26.9. The van der Waals surface area contributed by atoms with Crippen LogP contribution in [-0.4, -0.2) is 0 Å². The van der Waals surface area contributed by atoms with Crippen molar-refractivity contribution < 1.29 is 25.1 Å².